The van der Waals surface area contributed by atoms with Crippen LogP contribution < -0.4 is 4.90 Å². The minimum atomic E-state index is -0.831. The molecule has 5 heteroatoms. The van der Waals surface area contributed by atoms with Gasteiger partial charge in [-0.3, -0.25) is 0 Å². The second kappa shape index (κ2) is 6.08. The van der Waals surface area contributed by atoms with Gasteiger partial charge in [0.05, 0.1) is 17.4 Å². The quantitative estimate of drug-likeness (QED) is 0.885. The Balaban J connectivity index is 2.10. The number of nitrogens with zero attached hydrogens (tertiary/aromatic N) is 1. The lowest BCUT2D eigenvalue weighted by Gasteiger charge is -2.36. The van der Waals surface area contributed by atoms with Gasteiger partial charge in [0.1, 0.15) is 5.82 Å². The highest BCUT2D eigenvalue weighted by atomic mass is 19.1. The van der Waals surface area contributed by atoms with E-state index in [9.17, 15) is 14.6 Å². The maximum absolute atomic E-state index is 14.1. The molecular formula is C15H22FNO3. The molecule has 0 bridgehead atoms. The van der Waals surface area contributed by atoms with Crippen molar-refractivity contribution in [3.05, 3.63) is 29.6 Å². The maximum atomic E-state index is 14.1. The minimum Gasteiger partial charge on any atom is -0.389 e. The Labute approximate surface area is 118 Å². The van der Waals surface area contributed by atoms with Crippen LogP contribution in [0.2, 0.25) is 0 Å². The molecule has 0 radical (unpaired) electrons. The summed E-state index contributed by atoms with van der Waals surface area (Å²) in [5.41, 5.74) is 0.140. The molecule has 1 fully saturated rings. The van der Waals surface area contributed by atoms with E-state index in [1.54, 1.807) is 31.0 Å². The molecule has 4 nitrogen and oxygen atoms in total. The molecule has 0 spiro atoms. The standard InChI is InChI=1S/C15H22FNO3/c1-11(18)12-3-4-14(13(16)9-12)17(2)10-15(19)5-7-20-8-6-15/h3-4,9,11,18-19H,5-8,10H2,1-2H3. The first-order chi connectivity index (χ1) is 9.41. The molecule has 0 aromatic heterocycles. The molecule has 1 heterocycles. The molecular weight excluding hydrogens is 261 g/mol. The Morgan fingerprint density at radius 1 is 1.40 bits per heavy atom. The van der Waals surface area contributed by atoms with Gasteiger partial charge in [0, 0.05) is 39.6 Å². The summed E-state index contributed by atoms with van der Waals surface area (Å²) in [5.74, 6) is -0.387. The molecule has 1 saturated heterocycles. The Bertz CT molecular complexity index is 458. The average Bonchev–Trinajstić information content (AvgIpc) is 2.38. The highest BCUT2D eigenvalue weighted by Gasteiger charge is 2.31. The van der Waals surface area contributed by atoms with Crippen molar-refractivity contribution in [1.82, 2.24) is 0 Å². The maximum Gasteiger partial charge on any atom is 0.146 e. The number of hydrogen-bond acceptors (Lipinski definition) is 4. The van der Waals surface area contributed by atoms with Crippen LogP contribution in [0, 0.1) is 5.82 Å². The second-order valence-corrected chi connectivity index (χ2v) is 5.58. The third kappa shape index (κ3) is 3.48. The largest absolute Gasteiger partial charge is 0.389 e. The van der Waals surface area contributed by atoms with E-state index in [0.29, 0.717) is 43.9 Å². The highest BCUT2D eigenvalue weighted by molar-refractivity contribution is 5.49. The zero-order valence-electron chi connectivity index (χ0n) is 12.0. The van der Waals surface area contributed by atoms with E-state index in [2.05, 4.69) is 0 Å². The Morgan fingerprint density at radius 2 is 2.05 bits per heavy atom. The van der Waals surface area contributed by atoms with Gasteiger partial charge in [0.15, 0.2) is 0 Å². The van der Waals surface area contributed by atoms with Crippen LogP contribution >= 0.6 is 0 Å². The number of halogens is 1. The molecule has 1 aliphatic heterocycles. The molecule has 0 saturated carbocycles. The summed E-state index contributed by atoms with van der Waals surface area (Å²) in [6.45, 7) is 3.03. The second-order valence-electron chi connectivity index (χ2n) is 5.58. The van der Waals surface area contributed by atoms with Crippen LogP contribution in [0.25, 0.3) is 0 Å². The van der Waals surface area contributed by atoms with E-state index in [1.165, 1.54) is 6.07 Å². The molecule has 1 aliphatic rings. The van der Waals surface area contributed by atoms with Crippen molar-refractivity contribution in [2.45, 2.75) is 31.5 Å². The van der Waals surface area contributed by atoms with Gasteiger partial charge >= 0.3 is 0 Å². The van der Waals surface area contributed by atoms with Gasteiger partial charge in [-0.2, -0.15) is 0 Å². The van der Waals surface area contributed by atoms with Crippen molar-refractivity contribution in [2.24, 2.45) is 0 Å². The zero-order valence-corrected chi connectivity index (χ0v) is 12.0. The Morgan fingerprint density at radius 3 is 2.60 bits per heavy atom. The van der Waals surface area contributed by atoms with Crippen LogP contribution in [-0.4, -0.2) is 42.6 Å². The van der Waals surface area contributed by atoms with Crippen molar-refractivity contribution in [3.8, 4) is 0 Å². The van der Waals surface area contributed by atoms with Crippen molar-refractivity contribution in [2.75, 3.05) is 31.7 Å². The van der Waals surface area contributed by atoms with Gasteiger partial charge in [0.2, 0.25) is 0 Å². The summed E-state index contributed by atoms with van der Waals surface area (Å²) >= 11 is 0. The van der Waals surface area contributed by atoms with E-state index in [1.807, 2.05) is 0 Å². The number of hydrogen-bond donors (Lipinski definition) is 2. The highest BCUT2D eigenvalue weighted by Crippen LogP contribution is 2.27. The zero-order chi connectivity index (χ0) is 14.8. The van der Waals surface area contributed by atoms with E-state index in [0.717, 1.165) is 0 Å². The summed E-state index contributed by atoms with van der Waals surface area (Å²) in [5, 5.41) is 19.9. The molecule has 2 rings (SSSR count). The molecule has 2 N–H and O–H groups in total. The van der Waals surface area contributed by atoms with Crippen LogP contribution in [0.1, 0.15) is 31.4 Å². The van der Waals surface area contributed by atoms with Crippen LogP contribution in [0.4, 0.5) is 10.1 Å². The molecule has 20 heavy (non-hydrogen) atoms. The van der Waals surface area contributed by atoms with Crippen molar-refractivity contribution >= 4 is 5.69 Å². The van der Waals surface area contributed by atoms with Crippen molar-refractivity contribution in [3.63, 3.8) is 0 Å². The number of ether oxygens (including phenoxy) is 1. The number of rotatable bonds is 4. The lowest BCUT2D eigenvalue weighted by atomic mass is 9.93. The summed E-state index contributed by atoms with van der Waals surface area (Å²) < 4.78 is 19.3. The molecule has 0 amide bonds. The van der Waals surface area contributed by atoms with Gasteiger partial charge in [-0.15, -0.1) is 0 Å². The topological polar surface area (TPSA) is 52.9 Å². The molecule has 1 unspecified atom stereocenters. The summed E-state index contributed by atoms with van der Waals surface area (Å²) in [7, 11) is 1.76. The lowest BCUT2D eigenvalue weighted by Crippen LogP contribution is -2.46. The lowest BCUT2D eigenvalue weighted by molar-refractivity contribution is -0.0573. The third-order valence-electron chi connectivity index (χ3n) is 3.82. The van der Waals surface area contributed by atoms with Gasteiger partial charge in [-0.1, -0.05) is 6.07 Å². The van der Waals surface area contributed by atoms with Gasteiger partial charge in [-0.05, 0) is 24.6 Å². The number of likely N-dealkylation sites (N-methyl/N-ethyl adjacent to an activating group) is 1. The fraction of sp³-hybridized carbons (Fsp3) is 0.600. The summed E-state index contributed by atoms with van der Waals surface area (Å²) in [6.07, 6.45) is 0.429. The van der Waals surface area contributed by atoms with Crippen LogP contribution in [0.3, 0.4) is 0 Å². The minimum absolute atomic E-state index is 0.362. The number of anilines is 1. The smallest absolute Gasteiger partial charge is 0.146 e. The van der Waals surface area contributed by atoms with Gasteiger partial charge in [0.25, 0.3) is 0 Å². The first kappa shape index (κ1) is 15.2. The molecule has 112 valence electrons. The molecule has 1 atom stereocenters. The monoisotopic (exact) mass is 283 g/mol. The van der Waals surface area contributed by atoms with Gasteiger partial charge < -0.3 is 19.8 Å². The number of aliphatic hydroxyl groups excluding tert-OH is 1. The fourth-order valence-electron chi connectivity index (χ4n) is 2.53. The molecule has 0 aliphatic carbocycles. The first-order valence-corrected chi connectivity index (χ1v) is 6.90. The normalized spacial score (nSPS) is 19.6. The first-order valence-electron chi connectivity index (χ1n) is 6.90. The Hall–Kier alpha value is -1.17. The van der Waals surface area contributed by atoms with Crippen LogP contribution in [-0.2, 0) is 4.74 Å². The predicted octanol–water partition coefficient (Wildman–Crippen LogP) is 1.86. The number of aliphatic hydroxyl groups is 2. The van der Waals surface area contributed by atoms with E-state index < -0.39 is 11.7 Å². The summed E-state index contributed by atoms with van der Waals surface area (Å²) in [6, 6.07) is 4.68. The van der Waals surface area contributed by atoms with Crippen molar-refractivity contribution < 1.29 is 19.3 Å². The van der Waals surface area contributed by atoms with E-state index >= 15 is 0 Å². The average molecular weight is 283 g/mol. The van der Waals surface area contributed by atoms with Crippen LogP contribution in [0.15, 0.2) is 18.2 Å². The van der Waals surface area contributed by atoms with Crippen molar-refractivity contribution in [1.29, 1.82) is 0 Å². The van der Waals surface area contributed by atoms with E-state index in [4.69, 9.17) is 4.74 Å². The predicted molar refractivity (Wildman–Crippen MR) is 75.3 cm³/mol. The molecule has 1 aromatic carbocycles. The fourth-order valence-corrected chi connectivity index (χ4v) is 2.53. The number of benzene rings is 1. The van der Waals surface area contributed by atoms with E-state index in [-0.39, 0.29) is 5.82 Å². The van der Waals surface area contributed by atoms with Crippen LogP contribution in [0.5, 0.6) is 0 Å². The SMILES string of the molecule is CC(O)c1ccc(N(C)CC2(O)CCOCC2)c(F)c1. The third-order valence-corrected chi connectivity index (χ3v) is 3.82. The van der Waals surface area contributed by atoms with Gasteiger partial charge in [-0.25, -0.2) is 4.39 Å². The summed E-state index contributed by atoms with van der Waals surface area (Å²) in [4.78, 5) is 1.71. The molecule has 1 aromatic rings. The Kier molecular flexibility index (Phi) is 4.62.